The van der Waals surface area contributed by atoms with Crippen molar-refractivity contribution in [1.82, 2.24) is 0 Å². The Labute approximate surface area is 86.1 Å². The molecule has 1 aliphatic rings. The normalized spacial score (nSPS) is 16.9. The minimum Gasteiger partial charge on any atom is -0.346 e. The van der Waals surface area contributed by atoms with E-state index in [1.54, 1.807) is 0 Å². The molecule has 1 aliphatic heterocycles. The average Bonchev–Trinajstić information content (AvgIpc) is 2.69. The van der Waals surface area contributed by atoms with Gasteiger partial charge in [-0.1, -0.05) is 12.7 Å². The quantitative estimate of drug-likeness (QED) is 0.750. The summed E-state index contributed by atoms with van der Waals surface area (Å²) in [7, 11) is 0. The molecular weight excluding hydrogens is 202 g/mol. The van der Waals surface area contributed by atoms with Crippen molar-refractivity contribution in [3.63, 3.8) is 0 Å². The molecular formula is C11H10F2O2. The molecule has 0 bridgehead atoms. The second-order valence-electron chi connectivity index (χ2n) is 3.17. The van der Waals surface area contributed by atoms with E-state index in [0.717, 1.165) is 6.07 Å². The van der Waals surface area contributed by atoms with Crippen LogP contribution in [0.4, 0.5) is 8.78 Å². The van der Waals surface area contributed by atoms with Crippen molar-refractivity contribution in [2.75, 3.05) is 13.2 Å². The van der Waals surface area contributed by atoms with Crippen LogP contribution in [0.5, 0.6) is 0 Å². The Morgan fingerprint density at radius 3 is 2.53 bits per heavy atom. The van der Waals surface area contributed by atoms with E-state index in [-0.39, 0.29) is 5.56 Å². The zero-order chi connectivity index (χ0) is 10.8. The zero-order valence-corrected chi connectivity index (χ0v) is 8.00. The zero-order valence-electron chi connectivity index (χ0n) is 8.00. The van der Waals surface area contributed by atoms with Gasteiger partial charge in [0.05, 0.1) is 13.2 Å². The molecule has 1 fully saturated rings. The summed E-state index contributed by atoms with van der Waals surface area (Å²) >= 11 is 0. The molecule has 4 heteroatoms. The van der Waals surface area contributed by atoms with E-state index in [1.807, 2.05) is 0 Å². The molecule has 1 heterocycles. The third-order valence-electron chi connectivity index (χ3n) is 2.21. The van der Waals surface area contributed by atoms with Gasteiger partial charge in [-0.05, 0) is 6.07 Å². The summed E-state index contributed by atoms with van der Waals surface area (Å²) in [5.74, 6) is -1.30. The number of ether oxygens (including phenoxy) is 2. The maximum atomic E-state index is 13.3. The Morgan fingerprint density at radius 2 is 1.93 bits per heavy atom. The monoisotopic (exact) mass is 212 g/mol. The number of rotatable bonds is 2. The van der Waals surface area contributed by atoms with Gasteiger partial charge >= 0.3 is 0 Å². The van der Waals surface area contributed by atoms with Crippen molar-refractivity contribution in [2.24, 2.45) is 0 Å². The van der Waals surface area contributed by atoms with Gasteiger partial charge in [-0.25, -0.2) is 8.78 Å². The molecule has 0 N–H and O–H groups in total. The van der Waals surface area contributed by atoms with E-state index in [0.29, 0.717) is 18.8 Å². The van der Waals surface area contributed by atoms with Gasteiger partial charge in [-0.15, -0.1) is 0 Å². The first-order valence-corrected chi connectivity index (χ1v) is 4.57. The molecule has 0 aromatic heterocycles. The van der Waals surface area contributed by atoms with Gasteiger partial charge in [0.25, 0.3) is 0 Å². The lowest BCUT2D eigenvalue weighted by atomic mass is 10.1. The molecule has 0 saturated carbocycles. The third-order valence-corrected chi connectivity index (χ3v) is 2.21. The van der Waals surface area contributed by atoms with Crippen LogP contribution < -0.4 is 0 Å². The predicted octanol–water partition coefficient (Wildman–Crippen LogP) is 2.65. The molecule has 0 atom stereocenters. The minimum atomic E-state index is -0.691. The Kier molecular flexibility index (Phi) is 2.79. The molecule has 0 unspecified atom stereocenters. The van der Waals surface area contributed by atoms with Gasteiger partial charge in [0, 0.05) is 17.2 Å². The van der Waals surface area contributed by atoms with Crippen molar-refractivity contribution >= 4 is 6.08 Å². The van der Waals surface area contributed by atoms with E-state index >= 15 is 0 Å². The first-order chi connectivity index (χ1) is 7.22. The molecule has 0 radical (unpaired) electrons. The van der Waals surface area contributed by atoms with Gasteiger partial charge in [0.15, 0.2) is 6.29 Å². The maximum Gasteiger partial charge on any atom is 0.184 e. The number of hydrogen-bond acceptors (Lipinski definition) is 2. The van der Waals surface area contributed by atoms with Gasteiger partial charge < -0.3 is 9.47 Å². The lowest BCUT2D eigenvalue weighted by molar-refractivity contribution is -0.0446. The van der Waals surface area contributed by atoms with Crippen LogP contribution in [0.2, 0.25) is 0 Å². The Hall–Kier alpha value is -1.26. The molecule has 0 amide bonds. The fraction of sp³-hybridized carbons (Fsp3) is 0.273. The van der Waals surface area contributed by atoms with E-state index in [2.05, 4.69) is 6.58 Å². The first-order valence-electron chi connectivity index (χ1n) is 4.57. The van der Waals surface area contributed by atoms with Crippen LogP contribution >= 0.6 is 0 Å². The van der Waals surface area contributed by atoms with Gasteiger partial charge in [0.2, 0.25) is 0 Å². The lowest BCUT2D eigenvalue weighted by Gasteiger charge is -2.13. The van der Waals surface area contributed by atoms with Crippen molar-refractivity contribution in [3.8, 4) is 0 Å². The lowest BCUT2D eigenvalue weighted by Crippen LogP contribution is -2.03. The van der Waals surface area contributed by atoms with Crippen LogP contribution in [0.3, 0.4) is 0 Å². The second kappa shape index (κ2) is 4.08. The number of halogens is 2. The smallest absolute Gasteiger partial charge is 0.184 e. The fourth-order valence-corrected chi connectivity index (χ4v) is 1.55. The summed E-state index contributed by atoms with van der Waals surface area (Å²) < 4.78 is 36.7. The van der Waals surface area contributed by atoms with Crippen LogP contribution in [0.15, 0.2) is 18.7 Å². The van der Waals surface area contributed by atoms with E-state index in [9.17, 15) is 8.78 Å². The molecule has 80 valence electrons. The average molecular weight is 212 g/mol. The highest BCUT2D eigenvalue weighted by molar-refractivity contribution is 5.53. The summed E-state index contributed by atoms with van der Waals surface area (Å²) in [6.45, 7) is 4.34. The molecule has 15 heavy (non-hydrogen) atoms. The number of hydrogen-bond donors (Lipinski definition) is 0. The molecule has 2 nitrogen and oxygen atoms in total. The molecule has 1 saturated heterocycles. The SMILES string of the molecule is C=Cc1c(F)cc(F)cc1C1OCCO1. The van der Waals surface area contributed by atoms with E-state index in [1.165, 1.54) is 12.1 Å². The highest BCUT2D eigenvalue weighted by atomic mass is 19.1. The van der Waals surface area contributed by atoms with E-state index in [4.69, 9.17) is 9.47 Å². The summed E-state index contributed by atoms with van der Waals surface area (Å²) in [5.41, 5.74) is 0.573. The summed E-state index contributed by atoms with van der Waals surface area (Å²) in [6.07, 6.45) is 0.637. The first kappa shape index (κ1) is 10.3. The van der Waals surface area contributed by atoms with Crippen molar-refractivity contribution in [3.05, 3.63) is 41.5 Å². The molecule has 1 aromatic rings. The fourth-order valence-electron chi connectivity index (χ4n) is 1.55. The minimum absolute atomic E-state index is 0.225. The molecule has 2 rings (SSSR count). The Balaban J connectivity index is 2.47. The molecule has 0 aliphatic carbocycles. The van der Waals surface area contributed by atoms with Crippen molar-refractivity contribution in [1.29, 1.82) is 0 Å². The van der Waals surface area contributed by atoms with Crippen LogP contribution in [0.25, 0.3) is 6.08 Å². The van der Waals surface area contributed by atoms with Crippen LogP contribution in [0.1, 0.15) is 17.4 Å². The summed E-state index contributed by atoms with van der Waals surface area (Å²) in [5, 5.41) is 0. The third kappa shape index (κ3) is 1.91. The highest BCUT2D eigenvalue weighted by Crippen LogP contribution is 2.29. The van der Waals surface area contributed by atoms with Crippen LogP contribution in [-0.4, -0.2) is 13.2 Å². The molecule has 0 spiro atoms. The Bertz CT molecular complexity index is 384. The summed E-state index contributed by atoms with van der Waals surface area (Å²) in [4.78, 5) is 0. The van der Waals surface area contributed by atoms with Crippen LogP contribution in [0, 0.1) is 11.6 Å². The number of benzene rings is 1. The summed E-state index contributed by atoms with van der Waals surface area (Å²) in [6, 6.07) is 2.02. The largest absolute Gasteiger partial charge is 0.346 e. The Morgan fingerprint density at radius 1 is 1.27 bits per heavy atom. The predicted molar refractivity (Wildman–Crippen MR) is 51.1 cm³/mol. The van der Waals surface area contributed by atoms with Gasteiger partial charge in [-0.2, -0.15) is 0 Å². The standard InChI is InChI=1S/C11H10F2O2/c1-2-8-9(11-14-3-4-15-11)5-7(12)6-10(8)13/h2,5-6,11H,1,3-4H2. The molecule has 1 aromatic carbocycles. The van der Waals surface area contributed by atoms with Crippen molar-refractivity contribution in [2.45, 2.75) is 6.29 Å². The maximum absolute atomic E-state index is 13.3. The van der Waals surface area contributed by atoms with Crippen molar-refractivity contribution < 1.29 is 18.3 Å². The topological polar surface area (TPSA) is 18.5 Å². The second-order valence-corrected chi connectivity index (χ2v) is 3.17. The van der Waals surface area contributed by atoms with Gasteiger partial charge in [-0.3, -0.25) is 0 Å². The van der Waals surface area contributed by atoms with Gasteiger partial charge in [0.1, 0.15) is 11.6 Å². The van der Waals surface area contributed by atoms with Crippen LogP contribution in [-0.2, 0) is 9.47 Å². The highest BCUT2D eigenvalue weighted by Gasteiger charge is 2.23. The van der Waals surface area contributed by atoms with E-state index < -0.39 is 17.9 Å².